The Morgan fingerprint density at radius 2 is 1.97 bits per heavy atom. The van der Waals surface area contributed by atoms with Gasteiger partial charge in [0.05, 0.1) is 11.2 Å². The van der Waals surface area contributed by atoms with Gasteiger partial charge in [-0.25, -0.2) is 17.4 Å². The number of rotatable bonds is 6. The van der Waals surface area contributed by atoms with E-state index >= 15 is 0 Å². The third-order valence-electron chi connectivity index (χ3n) is 4.45. The second-order valence-corrected chi connectivity index (χ2v) is 8.19. The zero-order valence-electron chi connectivity index (χ0n) is 15.5. The van der Waals surface area contributed by atoms with Crippen LogP contribution in [0.1, 0.15) is 5.56 Å². The van der Waals surface area contributed by atoms with E-state index in [1.165, 1.54) is 28.6 Å². The van der Waals surface area contributed by atoms with Crippen LogP contribution in [-0.4, -0.2) is 29.4 Å². The molecule has 29 heavy (non-hydrogen) atoms. The van der Waals surface area contributed by atoms with Gasteiger partial charge in [0, 0.05) is 42.4 Å². The highest BCUT2D eigenvalue weighted by Gasteiger charge is 2.21. The van der Waals surface area contributed by atoms with Crippen LogP contribution in [0.2, 0.25) is 0 Å². The van der Waals surface area contributed by atoms with Crippen LogP contribution >= 0.6 is 0 Å². The van der Waals surface area contributed by atoms with Crippen LogP contribution in [-0.2, 0) is 16.6 Å². The quantitative estimate of drug-likeness (QED) is 0.474. The average Bonchev–Trinajstić information content (AvgIpc) is 3.09. The molecular weight excluding hydrogens is 393 g/mol. The molecule has 0 aliphatic rings. The molecule has 4 aromatic rings. The molecule has 0 fully saturated rings. The molecule has 0 spiro atoms. The molecule has 3 aromatic heterocycles. The molecule has 0 saturated carbocycles. The van der Waals surface area contributed by atoms with Crippen molar-refractivity contribution >= 4 is 32.3 Å². The van der Waals surface area contributed by atoms with Crippen LogP contribution in [0.3, 0.4) is 0 Å². The fourth-order valence-electron chi connectivity index (χ4n) is 3.12. The van der Waals surface area contributed by atoms with Gasteiger partial charge >= 0.3 is 0 Å². The Hall–Kier alpha value is -3.30. The molecule has 0 atom stereocenters. The number of anilines is 2. The van der Waals surface area contributed by atoms with Crippen LogP contribution in [0.4, 0.5) is 15.8 Å². The topological polar surface area (TPSA) is 88.9 Å². The van der Waals surface area contributed by atoms with Crippen molar-refractivity contribution < 1.29 is 12.8 Å². The van der Waals surface area contributed by atoms with E-state index in [-0.39, 0.29) is 10.6 Å². The summed E-state index contributed by atoms with van der Waals surface area (Å²) in [6.07, 6.45) is 5.78. The zero-order chi connectivity index (χ0) is 20.4. The minimum Gasteiger partial charge on any atom is -0.352 e. The summed E-state index contributed by atoms with van der Waals surface area (Å²) in [6.45, 7) is 0.496. The number of hydrogen-bond acceptors (Lipinski definition) is 6. The lowest BCUT2D eigenvalue weighted by Gasteiger charge is -2.10. The van der Waals surface area contributed by atoms with E-state index < -0.39 is 16.0 Å². The summed E-state index contributed by atoms with van der Waals surface area (Å²) in [5.74, 6) is -0.637. The minimum absolute atomic E-state index is 0.0876. The molecule has 0 aliphatic heterocycles. The number of pyridine rings is 2. The fraction of sp³-hybridized carbons (Fsp3) is 0.100. The van der Waals surface area contributed by atoms with Crippen molar-refractivity contribution in [2.75, 3.05) is 12.4 Å². The van der Waals surface area contributed by atoms with E-state index in [0.717, 1.165) is 10.9 Å². The third kappa shape index (κ3) is 3.57. The van der Waals surface area contributed by atoms with Gasteiger partial charge in [-0.1, -0.05) is 6.07 Å². The van der Waals surface area contributed by atoms with Crippen molar-refractivity contribution in [3.8, 4) is 0 Å². The summed E-state index contributed by atoms with van der Waals surface area (Å²) < 4.78 is 41.5. The molecule has 3 heterocycles. The molecule has 2 N–H and O–H groups in total. The normalized spacial score (nSPS) is 11.7. The first-order valence-electron chi connectivity index (χ1n) is 8.82. The van der Waals surface area contributed by atoms with Crippen LogP contribution in [0.15, 0.2) is 72.1 Å². The first kappa shape index (κ1) is 19.0. The van der Waals surface area contributed by atoms with Crippen LogP contribution < -0.4 is 10.6 Å². The first-order chi connectivity index (χ1) is 14.0. The number of nitrogens with zero attached hydrogens (tertiary/aromatic N) is 3. The number of benzene rings is 1. The maximum Gasteiger partial charge on any atom is 0.269 e. The van der Waals surface area contributed by atoms with E-state index in [4.69, 9.17) is 0 Å². The van der Waals surface area contributed by atoms with Gasteiger partial charge in [0.15, 0.2) is 0 Å². The summed E-state index contributed by atoms with van der Waals surface area (Å²) >= 11 is 0. The SMILES string of the molecule is CNCc1cn(S(=O)(=O)c2cccnc2)c2cc(Nc3cccnc3F)ccc12. The highest BCUT2D eigenvalue weighted by atomic mass is 32.2. The fourth-order valence-corrected chi connectivity index (χ4v) is 4.47. The second kappa shape index (κ2) is 7.61. The Bertz CT molecular complexity index is 1270. The van der Waals surface area contributed by atoms with Crippen molar-refractivity contribution in [3.63, 3.8) is 0 Å². The van der Waals surface area contributed by atoms with E-state index in [2.05, 4.69) is 20.6 Å². The van der Waals surface area contributed by atoms with E-state index in [0.29, 0.717) is 17.7 Å². The van der Waals surface area contributed by atoms with Crippen LogP contribution in [0.5, 0.6) is 0 Å². The van der Waals surface area contributed by atoms with Gasteiger partial charge in [0.1, 0.15) is 4.90 Å². The average molecular weight is 411 g/mol. The second-order valence-electron chi connectivity index (χ2n) is 6.37. The summed E-state index contributed by atoms with van der Waals surface area (Å²) in [6, 6.07) is 11.5. The van der Waals surface area contributed by atoms with Crippen LogP contribution in [0, 0.1) is 5.95 Å². The lowest BCUT2D eigenvalue weighted by Crippen LogP contribution is -2.12. The first-order valence-corrected chi connectivity index (χ1v) is 10.3. The van der Waals surface area contributed by atoms with E-state index in [9.17, 15) is 12.8 Å². The Balaban J connectivity index is 1.86. The Morgan fingerprint density at radius 3 is 2.69 bits per heavy atom. The highest BCUT2D eigenvalue weighted by molar-refractivity contribution is 7.90. The molecule has 0 bridgehead atoms. The van der Waals surface area contributed by atoms with Crippen molar-refractivity contribution in [1.82, 2.24) is 19.3 Å². The van der Waals surface area contributed by atoms with Crippen molar-refractivity contribution in [1.29, 1.82) is 0 Å². The van der Waals surface area contributed by atoms with Crippen molar-refractivity contribution in [2.45, 2.75) is 11.4 Å². The molecule has 0 unspecified atom stereocenters. The standard InChI is InChI=1S/C20H18FN5O2S/c1-22-11-14-13-26(29(27,28)16-4-2-8-23-12-16)19-10-15(6-7-17(14)19)25-18-5-3-9-24-20(18)21/h2-10,12-13,22,25H,11H2,1H3. The maximum absolute atomic E-state index is 13.9. The Kier molecular flexibility index (Phi) is 4.99. The molecular formula is C20H18FN5O2S. The van der Waals surface area contributed by atoms with Gasteiger partial charge < -0.3 is 10.6 Å². The van der Waals surface area contributed by atoms with E-state index in [1.54, 1.807) is 43.6 Å². The summed E-state index contributed by atoms with van der Waals surface area (Å²) in [5.41, 5.74) is 2.05. The lowest BCUT2D eigenvalue weighted by atomic mass is 10.1. The highest BCUT2D eigenvalue weighted by Crippen LogP contribution is 2.29. The number of fused-ring (bicyclic) bond motifs is 1. The van der Waals surface area contributed by atoms with Gasteiger partial charge in [-0.2, -0.15) is 4.39 Å². The summed E-state index contributed by atoms with van der Waals surface area (Å²) in [4.78, 5) is 7.62. The maximum atomic E-state index is 13.9. The van der Waals surface area contributed by atoms with Gasteiger partial charge in [-0.05, 0) is 49.0 Å². The molecule has 148 valence electrons. The number of halogens is 1. The summed E-state index contributed by atoms with van der Waals surface area (Å²) in [7, 11) is -2.06. The largest absolute Gasteiger partial charge is 0.352 e. The number of nitrogens with one attached hydrogen (secondary N) is 2. The molecule has 0 aliphatic carbocycles. The zero-order valence-corrected chi connectivity index (χ0v) is 16.3. The van der Waals surface area contributed by atoms with Gasteiger partial charge in [0.2, 0.25) is 5.95 Å². The molecule has 9 heteroatoms. The van der Waals surface area contributed by atoms with Crippen LogP contribution in [0.25, 0.3) is 10.9 Å². The lowest BCUT2D eigenvalue weighted by molar-refractivity contribution is 0.587. The van der Waals surface area contributed by atoms with Crippen molar-refractivity contribution in [3.05, 3.63) is 78.8 Å². The van der Waals surface area contributed by atoms with Gasteiger partial charge in [-0.3, -0.25) is 4.98 Å². The number of hydrogen-bond donors (Lipinski definition) is 2. The van der Waals surface area contributed by atoms with Gasteiger partial charge in [0.25, 0.3) is 10.0 Å². The Labute approximate surface area is 167 Å². The van der Waals surface area contributed by atoms with Crippen molar-refractivity contribution in [2.24, 2.45) is 0 Å². The molecule has 0 saturated heterocycles. The molecule has 0 radical (unpaired) electrons. The molecule has 0 amide bonds. The predicted molar refractivity (Wildman–Crippen MR) is 109 cm³/mol. The Morgan fingerprint density at radius 1 is 1.14 bits per heavy atom. The minimum atomic E-state index is -3.85. The van der Waals surface area contributed by atoms with E-state index in [1.807, 2.05) is 6.07 Å². The molecule has 4 rings (SSSR count). The van der Waals surface area contributed by atoms with Gasteiger partial charge in [-0.15, -0.1) is 0 Å². The predicted octanol–water partition coefficient (Wildman–Crippen LogP) is 3.27. The summed E-state index contributed by atoms with van der Waals surface area (Å²) in [5, 5.41) is 6.78. The monoisotopic (exact) mass is 411 g/mol. The smallest absolute Gasteiger partial charge is 0.269 e. The number of aromatic nitrogens is 3. The molecule has 7 nitrogen and oxygen atoms in total. The third-order valence-corrected chi connectivity index (χ3v) is 6.11. The molecule has 1 aromatic carbocycles.